The van der Waals surface area contributed by atoms with Crippen LogP contribution in [0.5, 0.6) is 5.75 Å². The molecule has 32 heavy (non-hydrogen) atoms. The predicted octanol–water partition coefficient (Wildman–Crippen LogP) is 2.51. The molecule has 0 radical (unpaired) electrons. The summed E-state index contributed by atoms with van der Waals surface area (Å²) in [5.74, 6) is 1.38. The zero-order chi connectivity index (χ0) is 21.8. The Bertz CT molecular complexity index is 1380. The molecule has 4 aromatic rings. The molecule has 6 rings (SSSR count). The molecule has 4 heterocycles. The Balaban J connectivity index is 1.32. The zero-order valence-corrected chi connectivity index (χ0v) is 18.8. The number of anilines is 2. The van der Waals surface area contributed by atoms with E-state index in [2.05, 4.69) is 25.6 Å². The summed E-state index contributed by atoms with van der Waals surface area (Å²) in [5, 5.41) is 17.3. The van der Waals surface area contributed by atoms with Crippen LogP contribution in [-0.2, 0) is 17.6 Å². The van der Waals surface area contributed by atoms with Crippen molar-refractivity contribution >= 4 is 54.6 Å². The van der Waals surface area contributed by atoms with Crippen LogP contribution in [0.25, 0.3) is 20.4 Å². The van der Waals surface area contributed by atoms with E-state index in [0.29, 0.717) is 18.3 Å². The minimum absolute atomic E-state index is 0.0774. The minimum Gasteiger partial charge on any atom is -0.494 e. The number of fused-ring (bicyclic) bond motifs is 4. The van der Waals surface area contributed by atoms with Crippen LogP contribution in [0.3, 0.4) is 0 Å². The molecule has 0 saturated carbocycles. The fourth-order valence-electron chi connectivity index (χ4n) is 4.32. The molecule has 1 aliphatic carbocycles. The van der Waals surface area contributed by atoms with Crippen LogP contribution in [0.15, 0.2) is 23.3 Å². The Hall–Kier alpha value is -2.57. The fourth-order valence-corrected chi connectivity index (χ4v) is 6.34. The van der Waals surface area contributed by atoms with Crippen LogP contribution in [0.4, 0.5) is 11.5 Å². The van der Waals surface area contributed by atoms with E-state index in [-0.39, 0.29) is 11.0 Å². The van der Waals surface area contributed by atoms with Gasteiger partial charge in [0.1, 0.15) is 28.8 Å². The Morgan fingerprint density at radius 1 is 1.34 bits per heavy atom. The molecule has 1 saturated heterocycles. The van der Waals surface area contributed by atoms with Crippen LogP contribution < -0.4 is 20.2 Å². The van der Waals surface area contributed by atoms with Gasteiger partial charge in [-0.05, 0) is 30.9 Å². The highest BCUT2D eigenvalue weighted by Crippen LogP contribution is 2.40. The lowest BCUT2D eigenvalue weighted by Gasteiger charge is -2.23. The number of epoxide rings is 1. The van der Waals surface area contributed by atoms with Crippen LogP contribution >= 0.6 is 22.7 Å². The van der Waals surface area contributed by atoms with Crippen molar-refractivity contribution in [1.82, 2.24) is 20.3 Å². The van der Waals surface area contributed by atoms with Gasteiger partial charge in [0.2, 0.25) is 0 Å². The molecule has 1 aromatic carbocycles. The van der Waals surface area contributed by atoms with Crippen molar-refractivity contribution in [3.63, 3.8) is 0 Å². The quantitative estimate of drug-likeness (QED) is 0.316. The van der Waals surface area contributed by atoms with Gasteiger partial charge in [0.15, 0.2) is 6.29 Å². The molecule has 0 amide bonds. The van der Waals surface area contributed by atoms with Gasteiger partial charge >= 0.3 is 4.87 Å². The number of aromatic amines is 1. The number of ether oxygens (including phenoxy) is 2. The van der Waals surface area contributed by atoms with Crippen molar-refractivity contribution in [2.24, 2.45) is 0 Å². The molecule has 9 nitrogen and oxygen atoms in total. The number of nitrogens with zero attached hydrogens (tertiary/aromatic N) is 2. The van der Waals surface area contributed by atoms with Gasteiger partial charge in [-0.25, -0.2) is 9.97 Å². The molecule has 0 spiro atoms. The van der Waals surface area contributed by atoms with E-state index in [4.69, 9.17) is 9.47 Å². The molecule has 11 heteroatoms. The first-order valence-corrected chi connectivity index (χ1v) is 12.0. The lowest BCUT2D eigenvalue weighted by atomic mass is 9.93. The zero-order valence-electron chi connectivity index (χ0n) is 17.2. The summed E-state index contributed by atoms with van der Waals surface area (Å²) in [6.07, 6.45) is 3.74. The number of H-pyrrole nitrogens is 1. The van der Waals surface area contributed by atoms with Crippen molar-refractivity contribution in [1.29, 1.82) is 0 Å². The fraction of sp³-hybridized carbons (Fsp3) is 0.381. The van der Waals surface area contributed by atoms with E-state index in [1.807, 2.05) is 12.1 Å². The molecule has 166 valence electrons. The summed E-state index contributed by atoms with van der Waals surface area (Å²) in [6, 6.07) is 4.10. The second-order valence-corrected chi connectivity index (χ2v) is 10.1. The first-order valence-electron chi connectivity index (χ1n) is 10.4. The topological polar surface area (TPSA) is 125 Å². The summed E-state index contributed by atoms with van der Waals surface area (Å²) >= 11 is 2.87. The lowest BCUT2D eigenvalue weighted by molar-refractivity contribution is 0.156. The molecule has 0 bridgehead atoms. The van der Waals surface area contributed by atoms with Gasteiger partial charge in [0.05, 0.1) is 28.4 Å². The van der Waals surface area contributed by atoms with Gasteiger partial charge in [-0.1, -0.05) is 11.3 Å². The molecular weight excluding hydrogens is 450 g/mol. The number of aryl methyl sites for hydroxylation is 1. The number of thiazole rings is 1. The number of aliphatic hydroxyl groups excluding tert-OH is 1. The number of aromatic nitrogens is 3. The number of hydrogen-bond acceptors (Lipinski definition) is 10. The number of nitrogens with one attached hydrogen (secondary N) is 3. The van der Waals surface area contributed by atoms with Gasteiger partial charge in [-0.2, -0.15) is 0 Å². The summed E-state index contributed by atoms with van der Waals surface area (Å²) in [6.45, 7) is 0.673. The van der Waals surface area contributed by atoms with E-state index in [0.717, 1.165) is 51.2 Å². The average Bonchev–Trinajstić information content (AvgIpc) is 3.19. The number of methoxy groups -OCH3 is 1. The van der Waals surface area contributed by atoms with Crippen molar-refractivity contribution in [2.75, 3.05) is 19.0 Å². The molecule has 2 aliphatic rings. The lowest BCUT2D eigenvalue weighted by Crippen LogP contribution is -2.36. The highest BCUT2D eigenvalue weighted by Gasteiger charge is 2.37. The number of thiophene rings is 1. The third-order valence-electron chi connectivity index (χ3n) is 6.00. The maximum absolute atomic E-state index is 11.7. The number of benzene rings is 1. The maximum atomic E-state index is 11.7. The third-order valence-corrected chi connectivity index (χ3v) is 8.01. The summed E-state index contributed by atoms with van der Waals surface area (Å²) < 4.78 is 11.5. The summed E-state index contributed by atoms with van der Waals surface area (Å²) in [4.78, 5) is 25.8. The normalized spacial score (nSPS) is 22.2. The van der Waals surface area contributed by atoms with E-state index < -0.39 is 6.29 Å². The number of hydrogen-bond donors (Lipinski definition) is 4. The Morgan fingerprint density at radius 2 is 2.22 bits per heavy atom. The molecule has 3 atom stereocenters. The monoisotopic (exact) mass is 471 g/mol. The molecular formula is C21H21N5O4S2. The van der Waals surface area contributed by atoms with E-state index in [1.54, 1.807) is 24.8 Å². The van der Waals surface area contributed by atoms with Gasteiger partial charge in [0.25, 0.3) is 0 Å². The molecule has 1 fully saturated rings. The molecule has 3 aromatic heterocycles. The van der Waals surface area contributed by atoms with Gasteiger partial charge in [-0.3, -0.25) is 4.79 Å². The van der Waals surface area contributed by atoms with E-state index >= 15 is 0 Å². The van der Waals surface area contributed by atoms with Crippen molar-refractivity contribution in [3.05, 3.63) is 38.6 Å². The largest absolute Gasteiger partial charge is 0.494 e. The first-order chi connectivity index (χ1) is 15.6. The highest BCUT2D eigenvalue weighted by atomic mass is 32.1. The van der Waals surface area contributed by atoms with Crippen LogP contribution in [-0.4, -0.2) is 52.1 Å². The molecule has 1 aliphatic heterocycles. The maximum Gasteiger partial charge on any atom is 0.305 e. The Labute approximate surface area is 190 Å². The van der Waals surface area contributed by atoms with Crippen molar-refractivity contribution in [3.8, 4) is 5.75 Å². The second kappa shape index (κ2) is 7.78. The van der Waals surface area contributed by atoms with Crippen molar-refractivity contribution in [2.45, 2.75) is 37.7 Å². The average molecular weight is 472 g/mol. The SMILES string of the molecule is COc1cc2[nH]c(=O)sc2cc1Nc1ncnc2sc3c(c12)CCC(NCC1OC1O)C3. The molecule has 3 unspecified atom stereocenters. The Kier molecular flexibility index (Phi) is 4.88. The summed E-state index contributed by atoms with van der Waals surface area (Å²) in [7, 11) is 1.61. The predicted molar refractivity (Wildman–Crippen MR) is 124 cm³/mol. The van der Waals surface area contributed by atoms with Gasteiger partial charge in [0, 0.05) is 23.5 Å². The van der Waals surface area contributed by atoms with Crippen LogP contribution in [0, 0.1) is 0 Å². The minimum atomic E-state index is -0.613. The number of aliphatic hydroxyl groups is 1. The standard InChI is InChI=1S/C21H21N5O4S2/c1-29-13-5-12-16(32-21(28)26-12)6-11(13)25-18-17-10-3-2-9(22-7-14-20(27)30-14)4-15(10)31-19(17)24-8-23-18/h5-6,8-9,14,20,22,27H,2-4,7H2,1H3,(H,26,28)(H,23,24,25). The van der Waals surface area contributed by atoms with E-state index in [1.165, 1.54) is 21.8 Å². The summed E-state index contributed by atoms with van der Waals surface area (Å²) in [5.41, 5.74) is 2.81. The van der Waals surface area contributed by atoms with Crippen LogP contribution in [0.1, 0.15) is 16.9 Å². The van der Waals surface area contributed by atoms with Gasteiger partial charge < -0.3 is 30.2 Å². The number of rotatable bonds is 6. The first kappa shape index (κ1) is 20.1. The highest BCUT2D eigenvalue weighted by molar-refractivity contribution is 7.19. The Morgan fingerprint density at radius 3 is 3.03 bits per heavy atom. The van der Waals surface area contributed by atoms with Gasteiger partial charge in [-0.15, -0.1) is 11.3 Å². The third kappa shape index (κ3) is 3.55. The second-order valence-electron chi connectivity index (χ2n) is 8.01. The van der Waals surface area contributed by atoms with Crippen molar-refractivity contribution < 1.29 is 14.6 Å². The van der Waals surface area contributed by atoms with Crippen LogP contribution in [0.2, 0.25) is 0 Å². The van der Waals surface area contributed by atoms with E-state index in [9.17, 15) is 9.90 Å². The smallest absolute Gasteiger partial charge is 0.305 e. The molecule has 4 N–H and O–H groups in total.